The Labute approximate surface area is 79.7 Å². The predicted octanol–water partition coefficient (Wildman–Crippen LogP) is 1.21. The van der Waals surface area contributed by atoms with E-state index >= 15 is 0 Å². The highest BCUT2D eigenvalue weighted by Gasteiger charge is 2.13. The number of piperidine rings is 1. The molecule has 3 N–H and O–H groups in total. The summed E-state index contributed by atoms with van der Waals surface area (Å²) in [5.74, 6) is 1.23. The molecular weight excluding hydrogens is 168 g/mol. The second-order valence-electron chi connectivity index (χ2n) is 3.53. The molecule has 0 aromatic heterocycles. The van der Waals surface area contributed by atoms with Crippen LogP contribution in [0.1, 0.15) is 26.2 Å². The van der Waals surface area contributed by atoms with Crippen LogP contribution >= 0.6 is 11.8 Å². The van der Waals surface area contributed by atoms with Gasteiger partial charge in [0, 0.05) is 23.6 Å². The fourth-order valence-corrected chi connectivity index (χ4v) is 2.40. The molecule has 0 spiro atoms. The molecule has 0 amide bonds. The summed E-state index contributed by atoms with van der Waals surface area (Å²) in [7, 11) is 0. The summed E-state index contributed by atoms with van der Waals surface area (Å²) in [6, 6.07) is 0.748. The van der Waals surface area contributed by atoms with Crippen LogP contribution in [-0.4, -0.2) is 30.1 Å². The van der Waals surface area contributed by atoms with Crippen LogP contribution < -0.4 is 11.1 Å². The topological polar surface area (TPSA) is 38.0 Å². The van der Waals surface area contributed by atoms with Gasteiger partial charge in [-0.3, -0.25) is 0 Å². The molecule has 1 rings (SSSR count). The summed E-state index contributed by atoms with van der Waals surface area (Å²) in [6.07, 6.45) is 4.10. The van der Waals surface area contributed by atoms with E-state index in [-0.39, 0.29) is 0 Å². The highest BCUT2D eigenvalue weighted by Crippen LogP contribution is 2.15. The quantitative estimate of drug-likeness (QED) is 0.696. The maximum atomic E-state index is 5.55. The minimum absolute atomic E-state index is 0.619. The molecule has 1 aliphatic heterocycles. The molecule has 0 saturated carbocycles. The maximum absolute atomic E-state index is 5.55. The van der Waals surface area contributed by atoms with Crippen molar-refractivity contribution in [3.05, 3.63) is 0 Å². The van der Waals surface area contributed by atoms with E-state index < -0.39 is 0 Å². The van der Waals surface area contributed by atoms with Gasteiger partial charge in [0.05, 0.1) is 0 Å². The lowest BCUT2D eigenvalue weighted by Crippen LogP contribution is -2.36. The van der Waals surface area contributed by atoms with Crippen LogP contribution in [0.5, 0.6) is 0 Å². The molecule has 0 aromatic carbocycles. The Morgan fingerprint density at radius 1 is 1.58 bits per heavy atom. The zero-order valence-electron chi connectivity index (χ0n) is 7.88. The van der Waals surface area contributed by atoms with Crippen LogP contribution in [0.4, 0.5) is 0 Å². The Bertz CT molecular complexity index is 113. The molecule has 0 aromatic rings. The zero-order chi connectivity index (χ0) is 8.81. The van der Waals surface area contributed by atoms with Crippen molar-refractivity contribution in [2.45, 2.75) is 37.5 Å². The molecule has 3 heteroatoms. The average molecular weight is 188 g/mol. The molecule has 0 bridgehead atoms. The van der Waals surface area contributed by atoms with Crippen molar-refractivity contribution in [3.63, 3.8) is 0 Å². The molecule has 0 radical (unpaired) electrons. The first-order valence-electron chi connectivity index (χ1n) is 4.88. The smallest absolute Gasteiger partial charge is 0.0158 e. The second-order valence-corrected chi connectivity index (χ2v) is 5.00. The van der Waals surface area contributed by atoms with Crippen molar-refractivity contribution in [1.82, 2.24) is 5.32 Å². The fourth-order valence-electron chi connectivity index (χ4n) is 1.41. The van der Waals surface area contributed by atoms with E-state index in [1.54, 1.807) is 0 Å². The first-order chi connectivity index (χ1) is 5.83. The van der Waals surface area contributed by atoms with E-state index in [0.29, 0.717) is 5.25 Å². The van der Waals surface area contributed by atoms with Crippen molar-refractivity contribution in [3.8, 4) is 0 Å². The summed E-state index contributed by atoms with van der Waals surface area (Å²) in [5, 5.41) is 4.16. The Morgan fingerprint density at radius 2 is 2.42 bits per heavy atom. The predicted molar refractivity (Wildman–Crippen MR) is 56.6 cm³/mol. The second kappa shape index (κ2) is 5.84. The maximum Gasteiger partial charge on any atom is 0.0158 e. The number of hydrogen-bond acceptors (Lipinski definition) is 3. The molecular formula is C9H20N2S. The number of nitrogens with two attached hydrogens (primary N) is 1. The molecule has 0 aliphatic carbocycles. The Hall–Kier alpha value is 0.270. The van der Waals surface area contributed by atoms with Crippen LogP contribution in [0, 0.1) is 0 Å². The Morgan fingerprint density at radius 3 is 3.00 bits per heavy atom. The van der Waals surface area contributed by atoms with E-state index in [9.17, 15) is 0 Å². The highest BCUT2D eigenvalue weighted by atomic mass is 32.2. The standard InChI is InChI=1S/C9H20N2S/c1-8(6-10)12-7-9-4-2-3-5-11-9/h8-9,11H,2-7,10H2,1H3. The first-order valence-corrected chi connectivity index (χ1v) is 5.93. The van der Waals surface area contributed by atoms with Crippen molar-refractivity contribution < 1.29 is 0 Å². The minimum Gasteiger partial charge on any atom is -0.329 e. The monoisotopic (exact) mass is 188 g/mol. The molecule has 2 unspecified atom stereocenters. The third-order valence-electron chi connectivity index (χ3n) is 2.33. The number of hydrogen-bond donors (Lipinski definition) is 2. The molecule has 12 heavy (non-hydrogen) atoms. The van der Waals surface area contributed by atoms with Gasteiger partial charge in [0.1, 0.15) is 0 Å². The summed E-state index contributed by atoms with van der Waals surface area (Å²) in [5.41, 5.74) is 5.55. The summed E-state index contributed by atoms with van der Waals surface area (Å²) in [4.78, 5) is 0. The van der Waals surface area contributed by atoms with Gasteiger partial charge < -0.3 is 11.1 Å². The van der Waals surface area contributed by atoms with E-state index in [4.69, 9.17) is 5.73 Å². The van der Waals surface area contributed by atoms with Gasteiger partial charge in [0.25, 0.3) is 0 Å². The van der Waals surface area contributed by atoms with Crippen molar-refractivity contribution in [1.29, 1.82) is 0 Å². The molecule has 2 atom stereocenters. The van der Waals surface area contributed by atoms with E-state index in [1.807, 2.05) is 11.8 Å². The van der Waals surface area contributed by atoms with E-state index in [0.717, 1.165) is 12.6 Å². The van der Waals surface area contributed by atoms with Gasteiger partial charge in [0.15, 0.2) is 0 Å². The van der Waals surface area contributed by atoms with Crippen molar-refractivity contribution >= 4 is 11.8 Å². The third kappa shape index (κ3) is 3.78. The highest BCUT2D eigenvalue weighted by molar-refractivity contribution is 7.99. The lowest BCUT2D eigenvalue weighted by Gasteiger charge is -2.24. The van der Waals surface area contributed by atoms with Crippen LogP contribution in [0.2, 0.25) is 0 Å². The van der Waals surface area contributed by atoms with Crippen LogP contribution in [0.3, 0.4) is 0 Å². The minimum atomic E-state index is 0.619. The van der Waals surface area contributed by atoms with Gasteiger partial charge >= 0.3 is 0 Å². The number of rotatable bonds is 4. The molecule has 1 fully saturated rings. The van der Waals surface area contributed by atoms with Gasteiger partial charge in [-0.25, -0.2) is 0 Å². The molecule has 2 nitrogen and oxygen atoms in total. The van der Waals surface area contributed by atoms with Crippen molar-refractivity contribution in [2.75, 3.05) is 18.8 Å². The third-order valence-corrected chi connectivity index (χ3v) is 3.68. The summed E-state index contributed by atoms with van der Waals surface area (Å²) >= 11 is 2.00. The van der Waals surface area contributed by atoms with Gasteiger partial charge in [-0.15, -0.1) is 0 Å². The van der Waals surface area contributed by atoms with Crippen LogP contribution in [-0.2, 0) is 0 Å². The normalized spacial score (nSPS) is 27.0. The van der Waals surface area contributed by atoms with Gasteiger partial charge in [-0.2, -0.15) is 11.8 Å². The SMILES string of the molecule is CC(CN)SCC1CCCCN1. The summed E-state index contributed by atoms with van der Waals surface area (Å²) < 4.78 is 0. The Kier molecular flexibility index (Phi) is 5.04. The van der Waals surface area contributed by atoms with Gasteiger partial charge in [-0.1, -0.05) is 13.3 Å². The first kappa shape index (κ1) is 10.4. The molecule has 1 aliphatic rings. The number of thioether (sulfide) groups is 1. The molecule has 1 heterocycles. The van der Waals surface area contributed by atoms with Crippen LogP contribution in [0.15, 0.2) is 0 Å². The zero-order valence-corrected chi connectivity index (χ0v) is 8.70. The number of nitrogens with one attached hydrogen (secondary N) is 1. The lowest BCUT2D eigenvalue weighted by molar-refractivity contribution is 0.429. The van der Waals surface area contributed by atoms with Crippen molar-refractivity contribution in [2.24, 2.45) is 5.73 Å². The fraction of sp³-hybridized carbons (Fsp3) is 1.00. The van der Waals surface area contributed by atoms with E-state index in [1.165, 1.54) is 31.6 Å². The van der Waals surface area contributed by atoms with Gasteiger partial charge in [0.2, 0.25) is 0 Å². The lowest BCUT2D eigenvalue weighted by atomic mass is 10.1. The summed E-state index contributed by atoms with van der Waals surface area (Å²) in [6.45, 7) is 4.22. The largest absolute Gasteiger partial charge is 0.329 e. The molecule has 72 valence electrons. The average Bonchev–Trinajstić information content (AvgIpc) is 2.16. The molecule has 1 saturated heterocycles. The van der Waals surface area contributed by atoms with Gasteiger partial charge in [-0.05, 0) is 19.4 Å². The van der Waals surface area contributed by atoms with E-state index in [2.05, 4.69) is 12.2 Å². The Balaban J connectivity index is 2.05. The van der Waals surface area contributed by atoms with Crippen LogP contribution in [0.25, 0.3) is 0 Å².